The fourth-order valence-corrected chi connectivity index (χ4v) is 7.68. The molecule has 1 aliphatic carbocycles. The minimum atomic E-state index is -0.864. The Labute approximate surface area is 237 Å². The number of aromatic nitrogens is 1. The predicted octanol–water partition coefficient (Wildman–Crippen LogP) is 8.04. The standard InChI is InChI=1S/C33H42ClN3O2/c1-22(2)36-15-6-7-23(21-36)14-16-35-17-18-37-30-19-25(33(38)39)10-12-27(30)31(24-8-4-3-5-9-24)32(37)28-13-11-26(34)20-29(28)35/h10-13,19-20,22-24H,3-9,14-18,21H2,1-2H3,(H,38,39). The van der Waals surface area contributed by atoms with Crippen molar-refractivity contribution in [3.05, 3.63) is 52.5 Å². The molecule has 1 saturated heterocycles. The van der Waals surface area contributed by atoms with Crippen LogP contribution in [0.2, 0.25) is 5.02 Å². The number of benzene rings is 2. The molecule has 39 heavy (non-hydrogen) atoms. The van der Waals surface area contributed by atoms with Crippen molar-refractivity contribution in [3.63, 3.8) is 0 Å². The first kappa shape index (κ1) is 26.7. The SMILES string of the molecule is CC(C)N1CCCC(CCN2CCn3c(c(C4CCCCC4)c4ccc(C(=O)O)cc43)-c3ccc(Cl)cc32)C1. The molecule has 3 aliphatic rings. The molecule has 0 amide bonds. The van der Waals surface area contributed by atoms with E-state index in [1.165, 1.54) is 92.4 Å². The fourth-order valence-electron chi connectivity index (χ4n) is 7.52. The molecule has 2 fully saturated rings. The molecular weight excluding hydrogens is 506 g/mol. The molecule has 0 spiro atoms. The molecule has 2 aromatic carbocycles. The van der Waals surface area contributed by atoms with Gasteiger partial charge in [-0.2, -0.15) is 0 Å². The minimum absolute atomic E-state index is 0.363. The van der Waals surface area contributed by atoms with Crippen LogP contribution in [0.4, 0.5) is 5.69 Å². The van der Waals surface area contributed by atoms with Crippen molar-refractivity contribution in [2.75, 3.05) is 31.1 Å². The molecule has 1 aromatic heterocycles. The van der Waals surface area contributed by atoms with E-state index in [4.69, 9.17) is 11.6 Å². The fraction of sp³-hybridized carbons (Fsp3) is 0.545. The molecule has 1 unspecified atom stereocenters. The van der Waals surface area contributed by atoms with Crippen LogP contribution in [0.5, 0.6) is 0 Å². The number of carboxylic acid groups (broad SMARTS) is 1. The number of hydrogen-bond acceptors (Lipinski definition) is 3. The van der Waals surface area contributed by atoms with Crippen molar-refractivity contribution < 1.29 is 9.90 Å². The van der Waals surface area contributed by atoms with E-state index < -0.39 is 5.97 Å². The molecule has 0 bridgehead atoms. The predicted molar refractivity (Wildman–Crippen MR) is 161 cm³/mol. The number of rotatable bonds is 6. The molecule has 3 aromatic rings. The van der Waals surface area contributed by atoms with Gasteiger partial charge in [0.25, 0.3) is 0 Å². The van der Waals surface area contributed by atoms with Gasteiger partial charge in [0, 0.05) is 59.4 Å². The van der Waals surface area contributed by atoms with Gasteiger partial charge in [-0.25, -0.2) is 4.79 Å². The molecule has 0 radical (unpaired) electrons. The van der Waals surface area contributed by atoms with Crippen LogP contribution in [0.25, 0.3) is 22.2 Å². The van der Waals surface area contributed by atoms with Crippen molar-refractivity contribution in [1.82, 2.24) is 9.47 Å². The van der Waals surface area contributed by atoms with Crippen LogP contribution in [-0.4, -0.2) is 52.8 Å². The second kappa shape index (κ2) is 11.2. The Morgan fingerprint density at radius 2 is 1.82 bits per heavy atom. The van der Waals surface area contributed by atoms with E-state index in [1.807, 2.05) is 12.1 Å². The number of nitrogens with zero attached hydrogens (tertiary/aromatic N) is 3. The summed E-state index contributed by atoms with van der Waals surface area (Å²) < 4.78 is 2.43. The van der Waals surface area contributed by atoms with Crippen molar-refractivity contribution in [3.8, 4) is 11.3 Å². The number of anilines is 1. The summed E-state index contributed by atoms with van der Waals surface area (Å²) in [4.78, 5) is 17.1. The van der Waals surface area contributed by atoms with Crippen LogP contribution >= 0.6 is 11.6 Å². The van der Waals surface area contributed by atoms with Crippen LogP contribution in [0.1, 0.15) is 87.1 Å². The summed E-state index contributed by atoms with van der Waals surface area (Å²) in [6.07, 6.45) is 10.0. The van der Waals surface area contributed by atoms with Crippen LogP contribution in [0.15, 0.2) is 36.4 Å². The lowest BCUT2D eigenvalue weighted by Gasteiger charge is -2.36. The van der Waals surface area contributed by atoms with Gasteiger partial charge in [-0.15, -0.1) is 0 Å². The number of fused-ring (bicyclic) bond motifs is 5. The number of aromatic carboxylic acids is 1. The summed E-state index contributed by atoms with van der Waals surface area (Å²) in [5.41, 5.74) is 6.62. The zero-order chi connectivity index (χ0) is 27.1. The number of piperidine rings is 1. The summed E-state index contributed by atoms with van der Waals surface area (Å²) >= 11 is 6.64. The first-order chi connectivity index (χ1) is 18.9. The molecule has 6 rings (SSSR count). The molecular formula is C33H42ClN3O2. The van der Waals surface area contributed by atoms with E-state index >= 15 is 0 Å². The third kappa shape index (κ3) is 5.20. The van der Waals surface area contributed by atoms with Crippen LogP contribution < -0.4 is 4.90 Å². The largest absolute Gasteiger partial charge is 0.478 e. The van der Waals surface area contributed by atoms with Gasteiger partial charge in [0.05, 0.1) is 11.3 Å². The van der Waals surface area contributed by atoms with Gasteiger partial charge in [0.15, 0.2) is 0 Å². The lowest BCUT2D eigenvalue weighted by atomic mass is 9.81. The third-order valence-corrected chi connectivity index (χ3v) is 9.84. The Bertz CT molecular complexity index is 1360. The first-order valence-corrected chi connectivity index (χ1v) is 15.5. The molecule has 2 aliphatic heterocycles. The highest BCUT2D eigenvalue weighted by Crippen LogP contribution is 2.48. The first-order valence-electron chi connectivity index (χ1n) is 15.1. The van der Waals surface area contributed by atoms with Crippen molar-refractivity contribution in [2.24, 2.45) is 5.92 Å². The molecule has 1 N–H and O–H groups in total. The van der Waals surface area contributed by atoms with Gasteiger partial charge in [0.2, 0.25) is 0 Å². The maximum Gasteiger partial charge on any atom is 0.335 e. The Kier molecular flexibility index (Phi) is 7.65. The van der Waals surface area contributed by atoms with Crippen LogP contribution in [0.3, 0.4) is 0 Å². The number of carboxylic acids is 1. The maximum absolute atomic E-state index is 11.9. The number of hydrogen-bond donors (Lipinski definition) is 1. The molecule has 6 heteroatoms. The van der Waals surface area contributed by atoms with E-state index in [0.29, 0.717) is 17.5 Å². The van der Waals surface area contributed by atoms with E-state index in [9.17, 15) is 9.90 Å². The maximum atomic E-state index is 11.9. The van der Waals surface area contributed by atoms with Crippen molar-refractivity contribution >= 4 is 34.2 Å². The Hall–Kier alpha value is -2.50. The second-order valence-electron chi connectivity index (χ2n) is 12.3. The highest BCUT2D eigenvalue weighted by Gasteiger charge is 2.31. The van der Waals surface area contributed by atoms with Crippen LogP contribution in [0, 0.1) is 5.92 Å². The minimum Gasteiger partial charge on any atom is -0.478 e. The summed E-state index contributed by atoms with van der Waals surface area (Å²) in [5.74, 6) is 0.368. The Morgan fingerprint density at radius 3 is 2.59 bits per heavy atom. The molecule has 1 atom stereocenters. The lowest BCUT2D eigenvalue weighted by molar-refractivity contribution is 0.0697. The monoisotopic (exact) mass is 547 g/mol. The highest BCUT2D eigenvalue weighted by molar-refractivity contribution is 6.31. The van der Waals surface area contributed by atoms with Crippen LogP contribution in [-0.2, 0) is 6.54 Å². The molecule has 5 nitrogen and oxygen atoms in total. The van der Waals surface area contributed by atoms with Gasteiger partial charge in [-0.3, -0.25) is 0 Å². The average Bonchev–Trinajstić information content (AvgIpc) is 3.18. The van der Waals surface area contributed by atoms with Gasteiger partial charge in [0.1, 0.15) is 0 Å². The number of likely N-dealkylation sites (tertiary alicyclic amines) is 1. The molecule has 1 saturated carbocycles. The normalized spacial score (nSPS) is 20.7. The highest BCUT2D eigenvalue weighted by atomic mass is 35.5. The van der Waals surface area contributed by atoms with Gasteiger partial charge >= 0.3 is 5.97 Å². The summed E-state index contributed by atoms with van der Waals surface area (Å²) in [6.45, 7) is 9.81. The average molecular weight is 548 g/mol. The Balaban J connectivity index is 1.41. The molecule has 3 heterocycles. The van der Waals surface area contributed by atoms with E-state index in [1.54, 1.807) is 6.07 Å². The number of halogens is 1. The summed E-state index contributed by atoms with van der Waals surface area (Å²) in [5, 5.41) is 11.8. The molecule has 208 valence electrons. The number of carbonyl (C=O) groups is 1. The zero-order valence-electron chi connectivity index (χ0n) is 23.5. The summed E-state index contributed by atoms with van der Waals surface area (Å²) in [6, 6.07) is 12.8. The van der Waals surface area contributed by atoms with Crippen molar-refractivity contribution in [1.29, 1.82) is 0 Å². The van der Waals surface area contributed by atoms with E-state index in [0.717, 1.165) is 36.1 Å². The van der Waals surface area contributed by atoms with E-state index in [-0.39, 0.29) is 0 Å². The zero-order valence-corrected chi connectivity index (χ0v) is 24.2. The topological polar surface area (TPSA) is 48.7 Å². The Morgan fingerprint density at radius 1 is 1.00 bits per heavy atom. The third-order valence-electron chi connectivity index (χ3n) is 9.60. The van der Waals surface area contributed by atoms with Gasteiger partial charge < -0.3 is 19.5 Å². The van der Waals surface area contributed by atoms with Gasteiger partial charge in [-0.1, -0.05) is 36.9 Å². The second-order valence-corrected chi connectivity index (χ2v) is 12.8. The quantitative estimate of drug-likeness (QED) is 0.339. The lowest BCUT2D eigenvalue weighted by Crippen LogP contribution is -2.41. The van der Waals surface area contributed by atoms with E-state index in [2.05, 4.69) is 46.4 Å². The summed E-state index contributed by atoms with van der Waals surface area (Å²) in [7, 11) is 0. The smallest absolute Gasteiger partial charge is 0.335 e. The van der Waals surface area contributed by atoms with Gasteiger partial charge in [-0.05, 0) is 100 Å². The van der Waals surface area contributed by atoms with Crippen molar-refractivity contribution in [2.45, 2.75) is 83.7 Å².